The van der Waals surface area contributed by atoms with Crippen molar-refractivity contribution in [2.24, 2.45) is 0 Å². The molecule has 0 unspecified atom stereocenters. The standard InChI is InChI=1S/C28H20ClN3S/c29-21-16-14-20(15-17-21)27-30-31-28(32(27)18-19-8-2-1-3-9-19)33-26-24-12-6-4-10-22(24)23-11-5-7-13-25(23)26/h1-17,26H,18H2. The van der Waals surface area contributed by atoms with Crippen LogP contribution >= 0.6 is 23.4 Å². The van der Waals surface area contributed by atoms with E-state index in [1.165, 1.54) is 27.8 Å². The van der Waals surface area contributed by atoms with E-state index in [0.717, 1.165) is 16.5 Å². The molecule has 0 spiro atoms. The van der Waals surface area contributed by atoms with Crippen LogP contribution in [0.5, 0.6) is 0 Å². The highest BCUT2D eigenvalue weighted by Crippen LogP contribution is 2.52. The van der Waals surface area contributed by atoms with E-state index >= 15 is 0 Å². The highest BCUT2D eigenvalue weighted by Gasteiger charge is 2.30. The summed E-state index contributed by atoms with van der Waals surface area (Å²) in [5.41, 5.74) is 7.47. The van der Waals surface area contributed by atoms with Crippen LogP contribution in [-0.2, 0) is 6.54 Å². The van der Waals surface area contributed by atoms with Crippen molar-refractivity contribution < 1.29 is 0 Å². The van der Waals surface area contributed by atoms with E-state index in [1.54, 1.807) is 11.8 Å². The Morgan fingerprint density at radius 1 is 0.697 bits per heavy atom. The summed E-state index contributed by atoms with van der Waals surface area (Å²) >= 11 is 7.90. The van der Waals surface area contributed by atoms with Gasteiger partial charge in [-0.3, -0.25) is 4.57 Å². The van der Waals surface area contributed by atoms with Gasteiger partial charge in [0, 0.05) is 10.6 Å². The van der Waals surface area contributed by atoms with E-state index in [4.69, 9.17) is 11.6 Å². The summed E-state index contributed by atoms with van der Waals surface area (Å²) in [6.07, 6.45) is 0. The summed E-state index contributed by atoms with van der Waals surface area (Å²) in [6.45, 7) is 0.699. The number of halogens is 1. The van der Waals surface area contributed by atoms with E-state index in [0.29, 0.717) is 11.6 Å². The Labute approximate surface area is 202 Å². The number of hydrogen-bond donors (Lipinski definition) is 0. The second-order valence-corrected chi connectivity index (χ2v) is 9.57. The number of benzene rings is 4. The van der Waals surface area contributed by atoms with Crippen molar-refractivity contribution in [1.82, 2.24) is 14.8 Å². The summed E-state index contributed by atoms with van der Waals surface area (Å²) < 4.78 is 2.22. The molecule has 0 amide bonds. The summed E-state index contributed by atoms with van der Waals surface area (Å²) in [5, 5.41) is 11.1. The van der Waals surface area contributed by atoms with Gasteiger partial charge >= 0.3 is 0 Å². The SMILES string of the molecule is Clc1ccc(-c2nnc(SC3c4ccccc4-c4ccccc43)n2Cc2ccccc2)cc1. The van der Waals surface area contributed by atoms with Crippen LogP contribution in [0.15, 0.2) is 108 Å². The molecular formula is C28H20ClN3S. The molecule has 160 valence electrons. The molecule has 1 aliphatic rings. The van der Waals surface area contributed by atoms with Gasteiger partial charge in [-0.2, -0.15) is 0 Å². The molecular weight excluding hydrogens is 446 g/mol. The lowest BCUT2D eigenvalue weighted by Crippen LogP contribution is -2.05. The summed E-state index contributed by atoms with van der Waals surface area (Å²) in [5.74, 6) is 0.845. The van der Waals surface area contributed by atoms with Crippen molar-refractivity contribution in [3.63, 3.8) is 0 Å². The van der Waals surface area contributed by atoms with Crippen LogP contribution in [0, 0.1) is 0 Å². The zero-order chi connectivity index (χ0) is 22.2. The first-order chi connectivity index (χ1) is 16.3. The number of hydrogen-bond acceptors (Lipinski definition) is 3. The number of fused-ring (bicyclic) bond motifs is 3. The molecule has 5 heteroatoms. The minimum absolute atomic E-state index is 0.175. The second kappa shape index (κ2) is 8.54. The molecule has 6 rings (SSSR count). The highest BCUT2D eigenvalue weighted by molar-refractivity contribution is 7.99. The minimum Gasteiger partial charge on any atom is -0.298 e. The van der Waals surface area contributed by atoms with E-state index in [9.17, 15) is 0 Å². The van der Waals surface area contributed by atoms with Crippen molar-refractivity contribution >= 4 is 23.4 Å². The first kappa shape index (κ1) is 20.3. The van der Waals surface area contributed by atoms with Gasteiger partial charge in [-0.1, -0.05) is 102 Å². The van der Waals surface area contributed by atoms with E-state index in [2.05, 4.69) is 87.6 Å². The molecule has 5 aromatic rings. The smallest absolute Gasteiger partial charge is 0.192 e. The normalized spacial score (nSPS) is 12.5. The van der Waals surface area contributed by atoms with Gasteiger partial charge in [0.05, 0.1) is 11.8 Å². The third-order valence-corrected chi connectivity index (χ3v) is 7.51. The molecule has 1 aliphatic carbocycles. The van der Waals surface area contributed by atoms with Crippen LogP contribution in [0.25, 0.3) is 22.5 Å². The van der Waals surface area contributed by atoms with E-state index < -0.39 is 0 Å². The fourth-order valence-electron chi connectivity index (χ4n) is 4.44. The van der Waals surface area contributed by atoms with Gasteiger partial charge in [0.1, 0.15) is 0 Å². The van der Waals surface area contributed by atoms with Crippen LogP contribution in [-0.4, -0.2) is 14.8 Å². The summed E-state index contributed by atoms with van der Waals surface area (Å²) in [6, 6.07) is 35.6. The highest BCUT2D eigenvalue weighted by atomic mass is 35.5. The molecule has 0 atom stereocenters. The maximum atomic E-state index is 6.14. The first-order valence-electron chi connectivity index (χ1n) is 10.9. The number of rotatable bonds is 5. The van der Waals surface area contributed by atoms with Crippen molar-refractivity contribution in [2.75, 3.05) is 0 Å². The molecule has 4 aromatic carbocycles. The van der Waals surface area contributed by atoms with Gasteiger partial charge in [-0.25, -0.2) is 0 Å². The van der Waals surface area contributed by atoms with Gasteiger partial charge in [-0.15, -0.1) is 10.2 Å². The van der Waals surface area contributed by atoms with Gasteiger partial charge in [-0.05, 0) is 52.1 Å². The average Bonchev–Trinajstić information content (AvgIpc) is 3.40. The lowest BCUT2D eigenvalue weighted by Gasteiger charge is -2.15. The zero-order valence-corrected chi connectivity index (χ0v) is 19.3. The molecule has 0 bridgehead atoms. The Balaban J connectivity index is 1.45. The quantitative estimate of drug-likeness (QED) is 0.269. The average molecular weight is 466 g/mol. The second-order valence-electron chi connectivity index (χ2n) is 8.06. The molecule has 3 nitrogen and oxygen atoms in total. The Hall–Kier alpha value is -3.34. The molecule has 0 N–H and O–H groups in total. The van der Waals surface area contributed by atoms with Crippen LogP contribution in [0.4, 0.5) is 0 Å². The minimum atomic E-state index is 0.175. The van der Waals surface area contributed by atoms with Gasteiger partial charge in [0.25, 0.3) is 0 Å². The molecule has 0 saturated heterocycles. The van der Waals surface area contributed by atoms with E-state index in [1.807, 2.05) is 30.3 Å². The predicted molar refractivity (Wildman–Crippen MR) is 136 cm³/mol. The monoisotopic (exact) mass is 465 g/mol. The van der Waals surface area contributed by atoms with Gasteiger partial charge in [0.2, 0.25) is 0 Å². The fraction of sp³-hybridized carbons (Fsp3) is 0.0714. The molecule has 1 aromatic heterocycles. The molecule has 33 heavy (non-hydrogen) atoms. The zero-order valence-electron chi connectivity index (χ0n) is 17.7. The molecule has 0 saturated carbocycles. The van der Waals surface area contributed by atoms with Gasteiger partial charge < -0.3 is 0 Å². The van der Waals surface area contributed by atoms with Crippen molar-refractivity contribution in [1.29, 1.82) is 0 Å². The summed E-state index contributed by atoms with van der Waals surface area (Å²) in [4.78, 5) is 0. The topological polar surface area (TPSA) is 30.7 Å². The third kappa shape index (κ3) is 3.75. The lowest BCUT2D eigenvalue weighted by atomic mass is 10.1. The number of nitrogens with zero attached hydrogens (tertiary/aromatic N) is 3. The van der Waals surface area contributed by atoms with Crippen molar-refractivity contribution in [2.45, 2.75) is 17.0 Å². The number of aromatic nitrogens is 3. The van der Waals surface area contributed by atoms with Crippen LogP contribution in [0.3, 0.4) is 0 Å². The van der Waals surface area contributed by atoms with Crippen molar-refractivity contribution in [3.05, 3.63) is 125 Å². The molecule has 0 radical (unpaired) electrons. The fourth-order valence-corrected chi connectivity index (χ4v) is 5.81. The molecule has 1 heterocycles. The molecule has 0 fully saturated rings. The maximum absolute atomic E-state index is 6.14. The maximum Gasteiger partial charge on any atom is 0.192 e. The van der Waals surface area contributed by atoms with Crippen LogP contribution < -0.4 is 0 Å². The largest absolute Gasteiger partial charge is 0.298 e. The van der Waals surface area contributed by atoms with Crippen LogP contribution in [0.1, 0.15) is 21.9 Å². The Bertz CT molecular complexity index is 1380. The first-order valence-corrected chi connectivity index (χ1v) is 12.1. The predicted octanol–water partition coefficient (Wildman–Crippen LogP) is 7.51. The Kier molecular flexibility index (Phi) is 5.25. The van der Waals surface area contributed by atoms with Crippen LogP contribution in [0.2, 0.25) is 5.02 Å². The van der Waals surface area contributed by atoms with E-state index in [-0.39, 0.29) is 5.25 Å². The molecule has 0 aliphatic heterocycles. The summed E-state index contributed by atoms with van der Waals surface area (Å²) in [7, 11) is 0. The Morgan fingerprint density at radius 3 is 1.97 bits per heavy atom. The van der Waals surface area contributed by atoms with Gasteiger partial charge in [0.15, 0.2) is 11.0 Å². The number of thioether (sulfide) groups is 1. The third-order valence-electron chi connectivity index (χ3n) is 6.00. The Morgan fingerprint density at radius 2 is 1.30 bits per heavy atom. The lowest BCUT2D eigenvalue weighted by molar-refractivity contribution is 0.713. The van der Waals surface area contributed by atoms with Crippen molar-refractivity contribution in [3.8, 4) is 22.5 Å².